The van der Waals surface area contributed by atoms with Gasteiger partial charge in [0.15, 0.2) is 11.0 Å². The number of thioether (sulfide) groups is 1. The van der Waals surface area contributed by atoms with Crippen LogP contribution in [0.3, 0.4) is 0 Å². The summed E-state index contributed by atoms with van der Waals surface area (Å²) in [5.74, 6) is 2.34. The number of rotatable bonds is 3. The lowest BCUT2D eigenvalue weighted by molar-refractivity contribution is 0.0988. The molecule has 0 spiro atoms. The maximum absolute atomic E-state index is 13.6. The van der Waals surface area contributed by atoms with E-state index in [1.807, 2.05) is 54.0 Å². The van der Waals surface area contributed by atoms with Crippen LogP contribution in [0, 0.1) is 6.92 Å². The van der Waals surface area contributed by atoms with E-state index in [4.69, 9.17) is 4.98 Å². The van der Waals surface area contributed by atoms with Gasteiger partial charge in [-0.25, -0.2) is 9.97 Å². The van der Waals surface area contributed by atoms with E-state index in [2.05, 4.69) is 20.1 Å². The first kappa shape index (κ1) is 19.0. The SMILES string of the molecule is CSc1ncc2c(n1)N1CCCC1CN(c1cccc(-c3nnc(C)n3C)c1)C2=O. The molecular formula is C21H23N7OS. The Labute approximate surface area is 179 Å². The summed E-state index contributed by atoms with van der Waals surface area (Å²) in [7, 11) is 1.95. The quantitative estimate of drug-likeness (QED) is 0.475. The van der Waals surface area contributed by atoms with Crippen LogP contribution in [0.5, 0.6) is 0 Å². The summed E-state index contributed by atoms with van der Waals surface area (Å²) in [5.41, 5.74) is 2.36. The number of fused-ring (bicyclic) bond motifs is 3. The van der Waals surface area contributed by atoms with Crippen molar-refractivity contribution in [2.24, 2.45) is 7.05 Å². The Balaban J connectivity index is 1.59. The van der Waals surface area contributed by atoms with Crippen LogP contribution in [0.15, 0.2) is 35.6 Å². The number of carbonyl (C=O) groups is 1. The fourth-order valence-corrected chi connectivity index (χ4v) is 4.60. The minimum Gasteiger partial charge on any atom is -0.351 e. The van der Waals surface area contributed by atoms with Crippen LogP contribution in [0.25, 0.3) is 11.4 Å². The molecule has 1 amide bonds. The highest BCUT2D eigenvalue weighted by Gasteiger charge is 2.37. The van der Waals surface area contributed by atoms with Crippen molar-refractivity contribution in [3.05, 3.63) is 41.9 Å². The van der Waals surface area contributed by atoms with E-state index in [0.29, 0.717) is 17.3 Å². The molecule has 8 nitrogen and oxygen atoms in total. The van der Waals surface area contributed by atoms with Crippen molar-refractivity contribution in [3.63, 3.8) is 0 Å². The monoisotopic (exact) mass is 421 g/mol. The van der Waals surface area contributed by atoms with Crippen molar-refractivity contribution in [2.75, 3.05) is 29.1 Å². The highest BCUT2D eigenvalue weighted by molar-refractivity contribution is 7.98. The summed E-state index contributed by atoms with van der Waals surface area (Å²) >= 11 is 1.49. The largest absolute Gasteiger partial charge is 0.351 e. The van der Waals surface area contributed by atoms with Gasteiger partial charge in [0.1, 0.15) is 17.2 Å². The summed E-state index contributed by atoms with van der Waals surface area (Å²) in [6.07, 6.45) is 5.78. The van der Waals surface area contributed by atoms with Crippen molar-refractivity contribution >= 4 is 29.2 Å². The Bertz CT molecular complexity index is 1130. The van der Waals surface area contributed by atoms with Crippen LogP contribution in [0.4, 0.5) is 11.5 Å². The lowest BCUT2D eigenvalue weighted by Gasteiger charge is -2.27. The third-order valence-electron chi connectivity index (χ3n) is 5.96. The number of hydrogen-bond donors (Lipinski definition) is 0. The molecule has 4 heterocycles. The van der Waals surface area contributed by atoms with E-state index in [1.165, 1.54) is 11.8 Å². The number of nitrogens with zero attached hydrogens (tertiary/aromatic N) is 7. The fourth-order valence-electron chi connectivity index (χ4n) is 4.26. The third kappa shape index (κ3) is 3.04. The summed E-state index contributed by atoms with van der Waals surface area (Å²) in [5, 5.41) is 9.15. The second-order valence-electron chi connectivity index (χ2n) is 7.68. The maximum atomic E-state index is 13.6. The molecule has 1 atom stereocenters. The van der Waals surface area contributed by atoms with Crippen molar-refractivity contribution in [3.8, 4) is 11.4 Å². The van der Waals surface area contributed by atoms with Crippen LogP contribution in [0.2, 0.25) is 0 Å². The molecule has 0 bridgehead atoms. The molecule has 2 aliphatic rings. The van der Waals surface area contributed by atoms with Crippen LogP contribution >= 0.6 is 11.8 Å². The van der Waals surface area contributed by atoms with Gasteiger partial charge in [-0.3, -0.25) is 4.79 Å². The number of benzene rings is 1. The molecular weight excluding hydrogens is 398 g/mol. The first-order chi connectivity index (χ1) is 14.6. The van der Waals surface area contributed by atoms with Gasteiger partial charge in [-0.1, -0.05) is 23.9 Å². The molecule has 1 saturated heterocycles. The summed E-state index contributed by atoms with van der Waals surface area (Å²) < 4.78 is 1.95. The van der Waals surface area contributed by atoms with Crippen molar-refractivity contribution in [1.82, 2.24) is 24.7 Å². The van der Waals surface area contributed by atoms with Gasteiger partial charge in [-0.2, -0.15) is 0 Å². The van der Waals surface area contributed by atoms with E-state index in [9.17, 15) is 4.79 Å². The fraction of sp³-hybridized carbons (Fsp3) is 0.381. The molecule has 1 fully saturated rings. The molecule has 5 rings (SSSR count). The molecule has 1 unspecified atom stereocenters. The Morgan fingerprint density at radius 3 is 2.87 bits per heavy atom. The smallest absolute Gasteiger partial charge is 0.263 e. The van der Waals surface area contributed by atoms with Gasteiger partial charge >= 0.3 is 0 Å². The van der Waals surface area contributed by atoms with Crippen LogP contribution in [-0.2, 0) is 7.05 Å². The van der Waals surface area contributed by atoms with E-state index < -0.39 is 0 Å². The second-order valence-corrected chi connectivity index (χ2v) is 8.45. The van der Waals surface area contributed by atoms with Gasteiger partial charge in [0, 0.05) is 43.6 Å². The van der Waals surface area contributed by atoms with Crippen molar-refractivity contribution < 1.29 is 4.79 Å². The Hall–Kier alpha value is -2.94. The maximum Gasteiger partial charge on any atom is 0.263 e. The average Bonchev–Trinajstić information content (AvgIpc) is 3.35. The Kier molecular flexibility index (Phi) is 4.69. The topological polar surface area (TPSA) is 80.0 Å². The average molecular weight is 422 g/mol. The van der Waals surface area contributed by atoms with Gasteiger partial charge in [-0.15, -0.1) is 10.2 Å². The molecule has 1 aromatic carbocycles. The minimum absolute atomic E-state index is 0.0571. The Morgan fingerprint density at radius 2 is 2.10 bits per heavy atom. The number of carbonyl (C=O) groups excluding carboxylic acids is 1. The number of aromatic nitrogens is 5. The molecule has 30 heavy (non-hydrogen) atoms. The van der Waals surface area contributed by atoms with Crippen LogP contribution in [0.1, 0.15) is 29.0 Å². The summed E-state index contributed by atoms with van der Waals surface area (Å²) in [6.45, 7) is 3.47. The van der Waals surface area contributed by atoms with E-state index >= 15 is 0 Å². The highest BCUT2D eigenvalue weighted by atomic mass is 32.2. The predicted octanol–water partition coefficient (Wildman–Crippen LogP) is 2.93. The van der Waals surface area contributed by atoms with Gasteiger partial charge in [0.2, 0.25) is 0 Å². The third-order valence-corrected chi connectivity index (χ3v) is 6.52. The van der Waals surface area contributed by atoms with Gasteiger partial charge in [0.25, 0.3) is 5.91 Å². The highest BCUT2D eigenvalue weighted by Crippen LogP contribution is 2.35. The molecule has 0 aliphatic carbocycles. The number of aryl methyl sites for hydroxylation is 1. The Morgan fingerprint density at radius 1 is 1.23 bits per heavy atom. The van der Waals surface area contributed by atoms with E-state index in [0.717, 1.165) is 48.1 Å². The standard InChI is InChI=1S/C21H23N7OS/c1-13-24-25-18(26(13)2)14-6-4-7-15(10-14)28-12-16-8-5-9-27(16)19-17(20(28)29)11-22-21(23-19)30-3/h4,6-7,10-11,16H,5,8-9,12H2,1-3H3. The molecule has 0 N–H and O–H groups in total. The summed E-state index contributed by atoms with van der Waals surface area (Å²) in [6, 6.07) is 8.21. The second kappa shape index (κ2) is 7.39. The lowest BCUT2D eigenvalue weighted by Crippen LogP contribution is -2.39. The molecule has 2 aliphatic heterocycles. The molecule has 0 saturated carbocycles. The van der Waals surface area contributed by atoms with E-state index in [-0.39, 0.29) is 11.9 Å². The zero-order chi connectivity index (χ0) is 20.8. The molecule has 154 valence electrons. The number of anilines is 2. The zero-order valence-corrected chi connectivity index (χ0v) is 18.1. The van der Waals surface area contributed by atoms with Gasteiger partial charge in [0.05, 0.1) is 0 Å². The van der Waals surface area contributed by atoms with Gasteiger partial charge < -0.3 is 14.4 Å². The lowest BCUT2D eigenvalue weighted by atomic mass is 10.1. The summed E-state index contributed by atoms with van der Waals surface area (Å²) in [4.78, 5) is 26.8. The number of amides is 1. The van der Waals surface area contributed by atoms with Gasteiger partial charge in [-0.05, 0) is 38.2 Å². The first-order valence-corrected chi connectivity index (χ1v) is 11.2. The zero-order valence-electron chi connectivity index (χ0n) is 17.2. The first-order valence-electron chi connectivity index (χ1n) is 10.0. The predicted molar refractivity (Wildman–Crippen MR) is 117 cm³/mol. The normalized spacial score (nSPS) is 18.4. The molecule has 0 radical (unpaired) electrons. The van der Waals surface area contributed by atoms with Crippen LogP contribution in [-0.4, -0.2) is 56.0 Å². The van der Waals surface area contributed by atoms with Crippen molar-refractivity contribution in [1.29, 1.82) is 0 Å². The minimum atomic E-state index is -0.0571. The van der Waals surface area contributed by atoms with E-state index in [1.54, 1.807) is 6.20 Å². The number of hydrogen-bond acceptors (Lipinski definition) is 7. The van der Waals surface area contributed by atoms with Crippen LogP contribution < -0.4 is 9.80 Å². The van der Waals surface area contributed by atoms with Crippen molar-refractivity contribution in [2.45, 2.75) is 31.0 Å². The molecule has 2 aromatic heterocycles. The molecule has 3 aromatic rings. The molecule has 9 heteroatoms.